The van der Waals surface area contributed by atoms with E-state index < -0.39 is 34.1 Å². The van der Waals surface area contributed by atoms with Crippen LogP contribution in [0.15, 0.2) is 71.6 Å². The number of benzene rings is 3. The molecule has 0 aromatic heterocycles. The summed E-state index contributed by atoms with van der Waals surface area (Å²) in [5.74, 6) is -0.417. The normalized spacial score (nSPS) is 12.3. The quantitative estimate of drug-likeness (QED) is 0.261. The minimum Gasteiger partial charge on any atom is -0.493 e. The van der Waals surface area contributed by atoms with Gasteiger partial charge in [0.15, 0.2) is 11.5 Å². The lowest BCUT2D eigenvalue weighted by Gasteiger charge is -2.35. The van der Waals surface area contributed by atoms with E-state index in [-0.39, 0.29) is 35.2 Å². The fourth-order valence-electron chi connectivity index (χ4n) is 4.42. The molecule has 232 valence electrons. The van der Waals surface area contributed by atoms with Crippen LogP contribution in [0.3, 0.4) is 0 Å². The molecule has 0 spiro atoms. The summed E-state index contributed by atoms with van der Waals surface area (Å²) in [6, 6.07) is 16.3. The zero-order valence-electron chi connectivity index (χ0n) is 25.1. The third-order valence-corrected chi connectivity index (χ3v) is 8.91. The molecule has 9 nitrogen and oxygen atoms in total. The number of nitrogens with zero attached hydrogens (tertiary/aromatic N) is 2. The molecule has 3 aromatic rings. The van der Waals surface area contributed by atoms with Gasteiger partial charge in [-0.05, 0) is 75.2 Å². The molecule has 0 saturated carbocycles. The summed E-state index contributed by atoms with van der Waals surface area (Å²) < 4.78 is 39.9. The summed E-state index contributed by atoms with van der Waals surface area (Å²) in [7, 11) is -1.49. The topological polar surface area (TPSA) is 105 Å². The van der Waals surface area contributed by atoms with Crippen LogP contribution in [0, 0.1) is 0 Å². The Hall–Kier alpha value is -3.47. The summed E-state index contributed by atoms with van der Waals surface area (Å²) in [4.78, 5) is 28.9. The highest BCUT2D eigenvalue weighted by molar-refractivity contribution is 7.92. The first-order valence-electron chi connectivity index (χ1n) is 13.6. The van der Waals surface area contributed by atoms with Gasteiger partial charge in [0.1, 0.15) is 12.6 Å². The molecule has 43 heavy (non-hydrogen) atoms. The molecule has 3 aromatic carbocycles. The lowest BCUT2D eigenvalue weighted by Crippen LogP contribution is -2.55. The van der Waals surface area contributed by atoms with E-state index in [9.17, 15) is 18.0 Å². The van der Waals surface area contributed by atoms with E-state index in [0.717, 1.165) is 4.31 Å². The van der Waals surface area contributed by atoms with Gasteiger partial charge in [-0.25, -0.2) is 8.42 Å². The molecular formula is C31H37Cl2N3O6S. The number of carbonyl (C=O) groups is 2. The van der Waals surface area contributed by atoms with Crippen molar-refractivity contribution < 1.29 is 27.5 Å². The molecule has 0 bridgehead atoms. The molecule has 0 saturated heterocycles. The predicted octanol–water partition coefficient (Wildman–Crippen LogP) is 5.93. The Morgan fingerprint density at radius 3 is 2.12 bits per heavy atom. The van der Waals surface area contributed by atoms with E-state index in [1.54, 1.807) is 31.2 Å². The molecule has 0 aliphatic rings. The second-order valence-electron chi connectivity index (χ2n) is 10.8. The molecule has 0 aliphatic heterocycles. The van der Waals surface area contributed by atoms with Crippen LogP contribution < -0.4 is 19.1 Å². The van der Waals surface area contributed by atoms with Gasteiger partial charge in [-0.1, -0.05) is 48.3 Å². The van der Waals surface area contributed by atoms with Crippen LogP contribution in [-0.4, -0.2) is 57.5 Å². The fourth-order valence-corrected chi connectivity index (χ4v) is 6.17. The van der Waals surface area contributed by atoms with Gasteiger partial charge in [0.2, 0.25) is 11.8 Å². The Morgan fingerprint density at radius 2 is 1.56 bits per heavy atom. The van der Waals surface area contributed by atoms with E-state index in [0.29, 0.717) is 21.4 Å². The predicted molar refractivity (Wildman–Crippen MR) is 170 cm³/mol. The zero-order chi connectivity index (χ0) is 31.9. The van der Waals surface area contributed by atoms with Gasteiger partial charge in [0.25, 0.3) is 10.0 Å². The largest absolute Gasteiger partial charge is 0.493 e. The van der Waals surface area contributed by atoms with E-state index >= 15 is 0 Å². The van der Waals surface area contributed by atoms with Crippen molar-refractivity contribution in [2.45, 2.75) is 57.1 Å². The van der Waals surface area contributed by atoms with Gasteiger partial charge in [-0.2, -0.15) is 0 Å². The number of carbonyl (C=O) groups excluding carboxylic acids is 2. The Morgan fingerprint density at radius 1 is 0.930 bits per heavy atom. The summed E-state index contributed by atoms with van der Waals surface area (Å²) in [6.45, 7) is 6.69. The first-order chi connectivity index (χ1) is 20.2. The number of hydrogen-bond acceptors (Lipinski definition) is 6. The van der Waals surface area contributed by atoms with Crippen molar-refractivity contribution in [3.05, 3.63) is 82.3 Å². The number of anilines is 1. The summed E-state index contributed by atoms with van der Waals surface area (Å²) in [5.41, 5.74) is 0.258. The number of amides is 2. The zero-order valence-corrected chi connectivity index (χ0v) is 27.4. The van der Waals surface area contributed by atoms with Crippen molar-refractivity contribution in [1.82, 2.24) is 10.2 Å². The van der Waals surface area contributed by atoms with E-state index in [1.165, 1.54) is 61.6 Å². The average Bonchev–Trinajstić information content (AvgIpc) is 2.95. The fraction of sp³-hybridized carbons (Fsp3) is 0.355. The highest BCUT2D eigenvalue weighted by Gasteiger charge is 2.35. The van der Waals surface area contributed by atoms with Gasteiger partial charge in [0.05, 0.1) is 24.8 Å². The number of sulfonamides is 1. The Balaban J connectivity index is 2.12. The van der Waals surface area contributed by atoms with E-state index in [2.05, 4.69) is 5.32 Å². The Labute approximate surface area is 263 Å². The number of methoxy groups -OCH3 is 2. The average molecular weight is 651 g/mol. The molecule has 0 aliphatic carbocycles. The Kier molecular flexibility index (Phi) is 11.3. The van der Waals surface area contributed by atoms with Crippen molar-refractivity contribution in [3.63, 3.8) is 0 Å². The number of halogens is 2. The lowest BCUT2D eigenvalue weighted by atomic mass is 10.1. The Bertz CT molecular complexity index is 1540. The number of rotatable bonds is 12. The molecule has 0 radical (unpaired) electrons. The molecule has 0 fully saturated rings. The summed E-state index contributed by atoms with van der Waals surface area (Å²) in [6.07, 6.45) is 0.279. The minimum atomic E-state index is -4.34. The SMILES string of the molecule is CCC(C(=O)NC(C)(C)C)N(Cc1ccccc1Cl)C(=O)CN(c1ccc(Cl)cc1)S(=O)(=O)c1ccc(OC)c(OC)c1. The second kappa shape index (κ2) is 14.3. The van der Waals surface area contributed by atoms with Gasteiger partial charge in [-0.15, -0.1) is 0 Å². The van der Waals surface area contributed by atoms with Crippen LogP contribution in [0.25, 0.3) is 0 Å². The lowest BCUT2D eigenvalue weighted by molar-refractivity contribution is -0.141. The molecule has 1 unspecified atom stereocenters. The third kappa shape index (κ3) is 8.55. The van der Waals surface area contributed by atoms with Gasteiger partial charge >= 0.3 is 0 Å². The first kappa shape index (κ1) is 34.0. The molecule has 12 heteroatoms. The maximum atomic E-state index is 14.2. The van der Waals surface area contributed by atoms with Crippen molar-refractivity contribution in [1.29, 1.82) is 0 Å². The first-order valence-corrected chi connectivity index (χ1v) is 15.8. The highest BCUT2D eigenvalue weighted by Crippen LogP contribution is 2.33. The van der Waals surface area contributed by atoms with Crippen LogP contribution in [0.4, 0.5) is 5.69 Å². The summed E-state index contributed by atoms with van der Waals surface area (Å²) >= 11 is 12.5. The van der Waals surface area contributed by atoms with Crippen LogP contribution in [-0.2, 0) is 26.2 Å². The second-order valence-corrected chi connectivity index (χ2v) is 13.5. The van der Waals surface area contributed by atoms with Crippen LogP contribution in [0.5, 0.6) is 11.5 Å². The standard InChI is InChI=1S/C31H37Cl2N3O6S/c1-7-26(30(38)34-31(2,3)4)35(19-21-10-8-9-11-25(21)33)29(37)20-36(23-14-12-22(32)13-15-23)43(39,40)24-16-17-27(41-5)28(18-24)42-6/h8-18,26H,7,19-20H2,1-6H3,(H,34,38). The smallest absolute Gasteiger partial charge is 0.264 e. The maximum Gasteiger partial charge on any atom is 0.264 e. The maximum absolute atomic E-state index is 14.2. The molecule has 3 rings (SSSR count). The van der Waals surface area contributed by atoms with Crippen molar-refractivity contribution >= 4 is 50.7 Å². The summed E-state index contributed by atoms with van der Waals surface area (Å²) in [5, 5.41) is 3.75. The van der Waals surface area contributed by atoms with Gasteiger partial charge in [0, 0.05) is 28.2 Å². The molecule has 2 amide bonds. The van der Waals surface area contributed by atoms with Gasteiger partial charge < -0.3 is 19.7 Å². The number of nitrogens with one attached hydrogen (secondary N) is 1. The van der Waals surface area contributed by atoms with E-state index in [4.69, 9.17) is 32.7 Å². The van der Waals surface area contributed by atoms with Crippen LogP contribution in [0.1, 0.15) is 39.7 Å². The highest BCUT2D eigenvalue weighted by atomic mass is 35.5. The molecule has 1 N–H and O–H groups in total. The van der Waals surface area contributed by atoms with E-state index in [1.807, 2.05) is 20.8 Å². The minimum absolute atomic E-state index is 0.0144. The molecule has 1 atom stereocenters. The van der Waals surface area contributed by atoms with Crippen molar-refractivity contribution in [2.75, 3.05) is 25.1 Å². The monoisotopic (exact) mass is 649 g/mol. The third-order valence-electron chi connectivity index (χ3n) is 6.52. The molecular weight excluding hydrogens is 613 g/mol. The van der Waals surface area contributed by atoms with Crippen LogP contribution in [0.2, 0.25) is 10.0 Å². The number of hydrogen-bond donors (Lipinski definition) is 1. The van der Waals surface area contributed by atoms with Crippen molar-refractivity contribution in [2.24, 2.45) is 0 Å². The van der Waals surface area contributed by atoms with Crippen LogP contribution >= 0.6 is 23.2 Å². The van der Waals surface area contributed by atoms with Gasteiger partial charge in [-0.3, -0.25) is 13.9 Å². The number of ether oxygens (including phenoxy) is 2. The molecule has 0 heterocycles. The van der Waals surface area contributed by atoms with Crippen molar-refractivity contribution in [3.8, 4) is 11.5 Å².